The van der Waals surface area contributed by atoms with Crippen LogP contribution in [0.4, 0.5) is 4.79 Å². The summed E-state index contributed by atoms with van der Waals surface area (Å²) in [7, 11) is 0. The van der Waals surface area contributed by atoms with Crippen LogP contribution in [0.3, 0.4) is 0 Å². The van der Waals surface area contributed by atoms with E-state index in [0.29, 0.717) is 12.8 Å². The molecule has 3 rings (SSSR count). The average Bonchev–Trinajstić information content (AvgIpc) is 2.58. The summed E-state index contributed by atoms with van der Waals surface area (Å²) < 4.78 is 5.67. The van der Waals surface area contributed by atoms with Crippen LogP contribution in [-0.4, -0.2) is 46.6 Å². The Hall–Kier alpha value is -0.810. The maximum atomic E-state index is 12.3. The number of amides is 1. The molecular weight excluding hydrogens is 244 g/mol. The molecule has 5 heteroatoms. The zero-order valence-corrected chi connectivity index (χ0v) is 11.7. The lowest BCUT2D eigenvalue weighted by atomic mass is 9.81. The Morgan fingerprint density at radius 2 is 1.89 bits per heavy atom. The van der Waals surface area contributed by atoms with Gasteiger partial charge < -0.3 is 15.2 Å². The van der Waals surface area contributed by atoms with Crippen molar-refractivity contribution in [3.63, 3.8) is 0 Å². The minimum Gasteiger partial charge on any atom is -0.437 e. The third kappa shape index (κ3) is 1.94. The number of nitrogens with one attached hydrogen (secondary N) is 1. The number of carbonyl (C=O) groups excluding carboxylic acids is 1. The first-order valence-electron chi connectivity index (χ1n) is 7.52. The van der Waals surface area contributed by atoms with E-state index >= 15 is 0 Å². The number of aliphatic hydroxyl groups is 1. The van der Waals surface area contributed by atoms with E-state index in [1.807, 2.05) is 0 Å². The van der Waals surface area contributed by atoms with Crippen molar-refractivity contribution in [3.05, 3.63) is 0 Å². The SMILES string of the molecule is CC1(O)N(C2CCCCC2)C(=O)OC12CCNCC2. The molecule has 5 nitrogen and oxygen atoms in total. The first kappa shape index (κ1) is 13.2. The second-order valence-electron chi connectivity index (χ2n) is 6.29. The number of carbonyl (C=O) groups is 1. The van der Waals surface area contributed by atoms with Crippen molar-refractivity contribution in [2.45, 2.75) is 69.2 Å². The maximum Gasteiger partial charge on any atom is 0.413 e. The smallest absolute Gasteiger partial charge is 0.413 e. The molecule has 1 amide bonds. The molecule has 0 aromatic carbocycles. The maximum absolute atomic E-state index is 12.3. The van der Waals surface area contributed by atoms with Crippen molar-refractivity contribution in [2.75, 3.05) is 13.1 Å². The molecule has 2 heterocycles. The van der Waals surface area contributed by atoms with E-state index in [9.17, 15) is 9.90 Å². The number of ether oxygens (including phenoxy) is 1. The van der Waals surface area contributed by atoms with Crippen molar-refractivity contribution >= 4 is 6.09 Å². The van der Waals surface area contributed by atoms with Crippen LogP contribution in [0, 0.1) is 0 Å². The molecule has 2 saturated heterocycles. The molecule has 0 aromatic heterocycles. The highest BCUT2D eigenvalue weighted by Gasteiger charge is 2.63. The number of hydrogen-bond acceptors (Lipinski definition) is 4. The van der Waals surface area contributed by atoms with Crippen LogP contribution in [0.2, 0.25) is 0 Å². The Labute approximate surface area is 114 Å². The van der Waals surface area contributed by atoms with Crippen LogP contribution in [0.1, 0.15) is 51.9 Å². The van der Waals surface area contributed by atoms with Gasteiger partial charge in [-0.2, -0.15) is 0 Å². The minimum absolute atomic E-state index is 0.144. The van der Waals surface area contributed by atoms with E-state index in [1.54, 1.807) is 11.8 Å². The Morgan fingerprint density at radius 1 is 1.26 bits per heavy atom. The summed E-state index contributed by atoms with van der Waals surface area (Å²) in [5.41, 5.74) is -1.89. The highest BCUT2D eigenvalue weighted by molar-refractivity contribution is 5.72. The second kappa shape index (κ2) is 4.63. The van der Waals surface area contributed by atoms with Crippen LogP contribution < -0.4 is 5.32 Å². The van der Waals surface area contributed by atoms with E-state index < -0.39 is 11.3 Å². The molecule has 0 bridgehead atoms. The summed E-state index contributed by atoms with van der Waals surface area (Å²) in [5, 5.41) is 14.3. The highest BCUT2D eigenvalue weighted by Crippen LogP contribution is 2.46. The van der Waals surface area contributed by atoms with Gasteiger partial charge in [0, 0.05) is 18.9 Å². The van der Waals surface area contributed by atoms with Crippen LogP contribution in [0.5, 0.6) is 0 Å². The van der Waals surface area contributed by atoms with Crippen LogP contribution in [-0.2, 0) is 4.74 Å². The zero-order valence-electron chi connectivity index (χ0n) is 11.7. The molecular formula is C14H24N2O3. The Bertz CT molecular complexity index is 358. The monoisotopic (exact) mass is 268 g/mol. The van der Waals surface area contributed by atoms with Gasteiger partial charge in [0.1, 0.15) is 0 Å². The molecule has 19 heavy (non-hydrogen) atoms. The fourth-order valence-electron chi connectivity index (χ4n) is 3.96. The standard InChI is InChI=1S/C14H24N2O3/c1-13(18)14(7-9-15-10-8-14)19-12(17)16(13)11-5-3-2-4-6-11/h11,15,18H,2-10H2,1H3. The zero-order chi connectivity index (χ0) is 13.5. The van der Waals surface area contributed by atoms with Gasteiger partial charge in [0.05, 0.1) is 0 Å². The number of hydrogen-bond donors (Lipinski definition) is 2. The van der Waals surface area contributed by atoms with Gasteiger partial charge in [0.25, 0.3) is 0 Å². The highest BCUT2D eigenvalue weighted by atomic mass is 16.6. The van der Waals surface area contributed by atoms with E-state index in [0.717, 1.165) is 38.8 Å². The van der Waals surface area contributed by atoms with Crippen LogP contribution in [0.25, 0.3) is 0 Å². The van der Waals surface area contributed by atoms with Crippen LogP contribution >= 0.6 is 0 Å². The summed E-state index contributed by atoms with van der Waals surface area (Å²) in [4.78, 5) is 13.9. The molecule has 1 atom stereocenters. The Kier molecular flexibility index (Phi) is 3.21. The third-order valence-corrected chi connectivity index (χ3v) is 5.16. The molecule has 0 radical (unpaired) electrons. The number of piperidine rings is 1. The first-order valence-corrected chi connectivity index (χ1v) is 7.52. The minimum atomic E-state index is -1.17. The van der Waals surface area contributed by atoms with Gasteiger partial charge in [-0.25, -0.2) is 4.79 Å². The van der Waals surface area contributed by atoms with Gasteiger partial charge in [-0.05, 0) is 32.9 Å². The molecule has 108 valence electrons. The molecule has 1 unspecified atom stereocenters. The summed E-state index contributed by atoms with van der Waals surface area (Å²) in [5.74, 6) is 0. The average molecular weight is 268 g/mol. The van der Waals surface area contributed by atoms with E-state index in [-0.39, 0.29) is 12.1 Å². The first-order chi connectivity index (χ1) is 9.07. The lowest BCUT2D eigenvalue weighted by Crippen LogP contribution is -2.62. The molecule has 0 aromatic rings. The molecule has 3 fully saturated rings. The van der Waals surface area contributed by atoms with Crippen LogP contribution in [0.15, 0.2) is 0 Å². The quantitative estimate of drug-likeness (QED) is 0.758. The van der Waals surface area contributed by atoms with Gasteiger partial charge in [0.2, 0.25) is 0 Å². The Balaban J connectivity index is 1.86. The van der Waals surface area contributed by atoms with Gasteiger partial charge in [0.15, 0.2) is 11.3 Å². The topological polar surface area (TPSA) is 61.8 Å². The summed E-state index contributed by atoms with van der Waals surface area (Å²) in [6.07, 6.45) is 6.54. The fourth-order valence-corrected chi connectivity index (χ4v) is 3.96. The molecule has 2 N–H and O–H groups in total. The summed E-state index contributed by atoms with van der Waals surface area (Å²) >= 11 is 0. The predicted molar refractivity (Wildman–Crippen MR) is 70.7 cm³/mol. The second-order valence-corrected chi connectivity index (χ2v) is 6.29. The van der Waals surface area contributed by atoms with E-state index in [4.69, 9.17) is 4.74 Å². The lowest BCUT2D eigenvalue weighted by Gasteiger charge is -2.44. The van der Waals surface area contributed by atoms with Gasteiger partial charge in [-0.15, -0.1) is 0 Å². The van der Waals surface area contributed by atoms with Gasteiger partial charge in [-0.1, -0.05) is 19.3 Å². The van der Waals surface area contributed by atoms with Crippen molar-refractivity contribution in [2.24, 2.45) is 0 Å². The number of nitrogens with zero attached hydrogens (tertiary/aromatic N) is 1. The van der Waals surface area contributed by atoms with E-state index in [2.05, 4.69) is 5.32 Å². The molecule has 1 saturated carbocycles. The normalized spacial score (nSPS) is 35.7. The van der Waals surface area contributed by atoms with Crippen molar-refractivity contribution in [1.29, 1.82) is 0 Å². The van der Waals surface area contributed by atoms with Crippen molar-refractivity contribution < 1.29 is 14.6 Å². The van der Waals surface area contributed by atoms with E-state index in [1.165, 1.54) is 6.42 Å². The van der Waals surface area contributed by atoms with Gasteiger partial charge in [-0.3, -0.25) is 4.90 Å². The molecule has 1 spiro atoms. The third-order valence-electron chi connectivity index (χ3n) is 5.16. The number of rotatable bonds is 1. The van der Waals surface area contributed by atoms with Crippen molar-refractivity contribution in [1.82, 2.24) is 10.2 Å². The van der Waals surface area contributed by atoms with Crippen molar-refractivity contribution in [3.8, 4) is 0 Å². The molecule has 3 aliphatic rings. The lowest BCUT2D eigenvalue weighted by molar-refractivity contribution is -0.165. The molecule has 2 aliphatic heterocycles. The summed E-state index contributed by atoms with van der Waals surface area (Å²) in [6.45, 7) is 3.35. The van der Waals surface area contributed by atoms with Gasteiger partial charge >= 0.3 is 6.09 Å². The largest absolute Gasteiger partial charge is 0.437 e. The molecule has 1 aliphatic carbocycles. The Morgan fingerprint density at radius 3 is 2.53 bits per heavy atom. The fraction of sp³-hybridized carbons (Fsp3) is 0.929. The summed E-state index contributed by atoms with van der Waals surface area (Å²) in [6, 6.07) is 0.144. The predicted octanol–water partition coefficient (Wildman–Crippen LogP) is 1.60.